The van der Waals surface area contributed by atoms with E-state index >= 15 is 0 Å². The topological polar surface area (TPSA) is 116 Å². The average molecular weight is 196 g/mol. The summed E-state index contributed by atoms with van der Waals surface area (Å²) >= 11 is 0. The Labute approximate surface area is 79.1 Å². The Morgan fingerprint density at radius 3 is 2.43 bits per heavy atom. The molecule has 6 nitrogen and oxygen atoms in total. The fraction of sp³-hybridized carbons (Fsp3) is 0. The highest BCUT2D eigenvalue weighted by Crippen LogP contribution is 2.29. The van der Waals surface area contributed by atoms with Crippen LogP contribution in [-0.2, 0) is 0 Å². The molecule has 0 aliphatic rings. The molecule has 0 spiro atoms. The number of primary amides is 2. The van der Waals surface area contributed by atoms with Crippen molar-refractivity contribution >= 4 is 12.0 Å². The lowest BCUT2D eigenvalue weighted by Crippen LogP contribution is -2.17. The number of benzene rings is 1. The fourth-order valence-electron chi connectivity index (χ4n) is 0.912. The standard InChI is InChI=1S/C8H8N2O4/c9-7(12)4-2-1-3-5(6(4)11)14-8(10)13/h1-3,11H,(H2,9,12)(H2,10,13). The number of hydrogen-bond donors (Lipinski definition) is 3. The number of hydrogen-bond acceptors (Lipinski definition) is 4. The van der Waals surface area contributed by atoms with Gasteiger partial charge in [-0.1, -0.05) is 6.07 Å². The lowest BCUT2D eigenvalue weighted by atomic mass is 10.2. The molecule has 14 heavy (non-hydrogen) atoms. The van der Waals surface area contributed by atoms with Crippen LogP contribution in [0.4, 0.5) is 4.79 Å². The van der Waals surface area contributed by atoms with Gasteiger partial charge in [-0.15, -0.1) is 0 Å². The molecule has 0 unspecified atom stereocenters. The number of rotatable bonds is 2. The molecule has 0 heterocycles. The highest BCUT2D eigenvalue weighted by Gasteiger charge is 2.13. The van der Waals surface area contributed by atoms with Crippen LogP contribution in [0.2, 0.25) is 0 Å². The molecule has 0 atom stereocenters. The minimum Gasteiger partial charge on any atom is -0.504 e. The molecular formula is C8H8N2O4. The smallest absolute Gasteiger partial charge is 0.410 e. The highest BCUT2D eigenvalue weighted by molar-refractivity contribution is 5.96. The van der Waals surface area contributed by atoms with Gasteiger partial charge in [0.1, 0.15) is 0 Å². The SMILES string of the molecule is NC(=O)Oc1cccc(C(N)=O)c1O. The Morgan fingerprint density at radius 1 is 1.29 bits per heavy atom. The summed E-state index contributed by atoms with van der Waals surface area (Å²) in [5, 5.41) is 9.37. The Morgan fingerprint density at radius 2 is 1.93 bits per heavy atom. The first-order valence-corrected chi connectivity index (χ1v) is 3.61. The van der Waals surface area contributed by atoms with E-state index < -0.39 is 17.7 Å². The van der Waals surface area contributed by atoms with Crippen LogP contribution in [0.1, 0.15) is 10.4 Å². The zero-order valence-electron chi connectivity index (χ0n) is 7.06. The van der Waals surface area contributed by atoms with Crippen molar-refractivity contribution in [2.45, 2.75) is 0 Å². The quantitative estimate of drug-likeness (QED) is 0.614. The van der Waals surface area contributed by atoms with Crippen molar-refractivity contribution in [3.8, 4) is 11.5 Å². The number of phenols is 1. The summed E-state index contributed by atoms with van der Waals surface area (Å²) in [5.74, 6) is -1.52. The average Bonchev–Trinajstić information content (AvgIpc) is 2.07. The van der Waals surface area contributed by atoms with Crippen LogP contribution in [0.5, 0.6) is 11.5 Å². The normalized spacial score (nSPS) is 9.43. The minimum absolute atomic E-state index is 0.135. The molecule has 1 aromatic carbocycles. The van der Waals surface area contributed by atoms with Gasteiger partial charge < -0.3 is 21.3 Å². The van der Waals surface area contributed by atoms with Crippen LogP contribution in [0.3, 0.4) is 0 Å². The second-order valence-electron chi connectivity index (χ2n) is 2.44. The maximum absolute atomic E-state index is 10.8. The Hall–Kier alpha value is -2.24. The van der Waals surface area contributed by atoms with E-state index in [0.29, 0.717) is 0 Å². The Balaban J connectivity index is 3.13. The predicted molar refractivity (Wildman–Crippen MR) is 46.8 cm³/mol. The summed E-state index contributed by atoms with van der Waals surface area (Å²) in [7, 11) is 0. The van der Waals surface area contributed by atoms with Gasteiger partial charge in [0.05, 0.1) is 5.56 Å². The van der Waals surface area contributed by atoms with Crippen LogP contribution in [0.15, 0.2) is 18.2 Å². The molecule has 0 saturated carbocycles. The number of carbonyl (C=O) groups is 2. The van der Waals surface area contributed by atoms with Crippen LogP contribution < -0.4 is 16.2 Å². The van der Waals surface area contributed by atoms with Gasteiger partial charge in [-0.3, -0.25) is 4.79 Å². The molecule has 0 fully saturated rings. The van der Waals surface area contributed by atoms with Crippen molar-refractivity contribution < 1.29 is 19.4 Å². The zero-order chi connectivity index (χ0) is 10.7. The molecule has 6 heteroatoms. The summed E-state index contributed by atoms with van der Waals surface area (Å²) in [6.07, 6.45) is -1.08. The molecule has 2 amide bonds. The predicted octanol–water partition coefficient (Wildman–Crippen LogP) is -0.0514. The van der Waals surface area contributed by atoms with E-state index in [1.807, 2.05) is 0 Å². The van der Waals surface area contributed by atoms with E-state index in [9.17, 15) is 14.7 Å². The summed E-state index contributed by atoms with van der Waals surface area (Å²) in [6.45, 7) is 0. The van der Waals surface area contributed by atoms with Crippen molar-refractivity contribution in [2.75, 3.05) is 0 Å². The number of para-hydroxylation sites is 1. The van der Waals surface area contributed by atoms with Gasteiger partial charge in [-0.25, -0.2) is 4.79 Å². The van der Waals surface area contributed by atoms with Gasteiger partial charge in [0.15, 0.2) is 11.5 Å². The third-order valence-corrected chi connectivity index (χ3v) is 1.48. The van der Waals surface area contributed by atoms with Gasteiger partial charge in [-0.2, -0.15) is 0 Å². The summed E-state index contributed by atoms with van der Waals surface area (Å²) < 4.78 is 4.42. The maximum Gasteiger partial charge on any atom is 0.410 e. The van der Waals surface area contributed by atoms with E-state index in [1.165, 1.54) is 18.2 Å². The molecule has 0 radical (unpaired) electrons. The molecule has 5 N–H and O–H groups in total. The minimum atomic E-state index is -1.08. The van der Waals surface area contributed by atoms with Gasteiger partial charge >= 0.3 is 6.09 Å². The van der Waals surface area contributed by atoms with E-state index in [4.69, 9.17) is 11.5 Å². The summed E-state index contributed by atoms with van der Waals surface area (Å²) in [6, 6.07) is 3.98. The Kier molecular flexibility index (Phi) is 2.57. The number of ether oxygens (including phenoxy) is 1. The lowest BCUT2D eigenvalue weighted by molar-refractivity contribution is 0.0997. The molecular weight excluding hydrogens is 188 g/mol. The first-order chi connectivity index (χ1) is 6.52. The zero-order valence-corrected chi connectivity index (χ0v) is 7.06. The summed E-state index contributed by atoms with van der Waals surface area (Å²) in [5.41, 5.74) is 9.54. The van der Waals surface area contributed by atoms with E-state index in [-0.39, 0.29) is 11.3 Å². The number of amides is 2. The maximum atomic E-state index is 10.8. The van der Waals surface area contributed by atoms with Crippen molar-refractivity contribution in [1.82, 2.24) is 0 Å². The monoisotopic (exact) mass is 196 g/mol. The molecule has 0 aromatic heterocycles. The van der Waals surface area contributed by atoms with Crippen LogP contribution in [0, 0.1) is 0 Å². The molecule has 1 aromatic rings. The first-order valence-electron chi connectivity index (χ1n) is 3.61. The molecule has 0 saturated heterocycles. The third kappa shape index (κ3) is 1.92. The van der Waals surface area contributed by atoms with Crippen LogP contribution >= 0.6 is 0 Å². The van der Waals surface area contributed by atoms with Crippen molar-refractivity contribution in [1.29, 1.82) is 0 Å². The number of aromatic hydroxyl groups is 1. The molecule has 74 valence electrons. The van der Waals surface area contributed by atoms with Gasteiger partial charge in [0.25, 0.3) is 5.91 Å². The Bertz CT molecular complexity index is 389. The molecule has 0 aliphatic carbocycles. The molecule has 0 bridgehead atoms. The van der Waals surface area contributed by atoms with Crippen LogP contribution in [-0.4, -0.2) is 17.1 Å². The van der Waals surface area contributed by atoms with E-state index in [2.05, 4.69) is 4.74 Å². The van der Waals surface area contributed by atoms with Gasteiger partial charge in [-0.05, 0) is 12.1 Å². The van der Waals surface area contributed by atoms with E-state index in [0.717, 1.165) is 0 Å². The second-order valence-corrected chi connectivity index (χ2v) is 2.44. The summed E-state index contributed by atoms with van der Waals surface area (Å²) in [4.78, 5) is 21.1. The number of nitrogens with two attached hydrogens (primary N) is 2. The molecule has 0 aliphatic heterocycles. The lowest BCUT2D eigenvalue weighted by Gasteiger charge is -2.05. The van der Waals surface area contributed by atoms with Crippen LogP contribution in [0.25, 0.3) is 0 Å². The first kappa shape index (κ1) is 9.85. The van der Waals surface area contributed by atoms with Crippen molar-refractivity contribution in [2.24, 2.45) is 11.5 Å². The highest BCUT2D eigenvalue weighted by atomic mass is 16.6. The van der Waals surface area contributed by atoms with Crippen molar-refractivity contribution in [3.63, 3.8) is 0 Å². The van der Waals surface area contributed by atoms with Crippen molar-refractivity contribution in [3.05, 3.63) is 23.8 Å². The van der Waals surface area contributed by atoms with E-state index in [1.54, 1.807) is 0 Å². The molecule has 1 rings (SSSR count). The van der Waals surface area contributed by atoms with Gasteiger partial charge in [0.2, 0.25) is 0 Å². The largest absolute Gasteiger partial charge is 0.504 e. The number of carbonyl (C=O) groups excluding carboxylic acids is 2. The third-order valence-electron chi connectivity index (χ3n) is 1.48. The van der Waals surface area contributed by atoms with Gasteiger partial charge in [0, 0.05) is 0 Å². The second kappa shape index (κ2) is 3.65. The fourth-order valence-corrected chi connectivity index (χ4v) is 0.912.